The fourth-order valence-electron chi connectivity index (χ4n) is 2.82. The second-order valence-corrected chi connectivity index (χ2v) is 7.74. The maximum Gasteiger partial charge on any atom is 0.240 e. The maximum absolute atomic E-state index is 12.3. The highest BCUT2D eigenvalue weighted by Crippen LogP contribution is 2.18. The fraction of sp³-hybridized carbons (Fsp3) is 0.412. The van der Waals surface area contributed by atoms with Gasteiger partial charge in [-0.2, -0.15) is 0 Å². The Morgan fingerprint density at radius 2 is 1.79 bits per heavy atom. The standard InChI is InChI=1S/C17H22N4O2S/c1-14-12-17(21-10-6-3-7-11-21)20-16(19-14)13-18-24(22,23)15-8-4-2-5-9-15/h2,4-5,8-9,12,18H,3,6-7,10-11,13H2,1H3. The molecule has 0 spiro atoms. The fourth-order valence-corrected chi connectivity index (χ4v) is 3.82. The van der Waals surface area contributed by atoms with Gasteiger partial charge in [0.15, 0.2) is 0 Å². The summed E-state index contributed by atoms with van der Waals surface area (Å²) < 4.78 is 27.2. The Labute approximate surface area is 143 Å². The molecule has 1 aromatic carbocycles. The molecule has 0 atom stereocenters. The third-order valence-electron chi connectivity index (χ3n) is 4.04. The summed E-state index contributed by atoms with van der Waals surface area (Å²) in [7, 11) is -3.55. The molecule has 2 aromatic rings. The first kappa shape index (κ1) is 16.9. The Bertz CT molecular complexity index is 787. The van der Waals surface area contributed by atoms with Gasteiger partial charge in [-0.05, 0) is 38.3 Å². The van der Waals surface area contributed by atoms with Crippen LogP contribution in [0.15, 0.2) is 41.3 Å². The van der Waals surface area contributed by atoms with Gasteiger partial charge < -0.3 is 4.90 Å². The van der Waals surface area contributed by atoms with Crippen molar-refractivity contribution in [3.63, 3.8) is 0 Å². The molecule has 6 nitrogen and oxygen atoms in total. The summed E-state index contributed by atoms with van der Waals surface area (Å²) in [5.41, 5.74) is 0.847. The number of hydrogen-bond acceptors (Lipinski definition) is 5. The Balaban J connectivity index is 1.74. The van der Waals surface area contributed by atoms with E-state index in [4.69, 9.17) is 0 Å². The Hall–Kier alpha value is -1.99. The Morgan fingerprint density at radius 1 is 1.08 bits per heavy atom. The molecule has 0 radical (unpaired) electrons. The molecule has 1 fully saturated rings. The number of anilines is 1. The number of aromatic nitrogens is 2. The van der Waals surface area contributed by atoms with Crippen LogP contribution in [-0.4, -0.2) is 31.5 Å². The summed E-state index contributed by atoms with van der Waals surface area (Å²) in [4.78, 5) is 11.4. The van der Waals surface area contributed by atoms with E-state index in [0.29, 0.717) is 5.82 Å². The van der Waals surface area contributed by atoms with Crippen molar-refractivity contribution in [2.45, 2.75) is 37.6 Å². The van der Waals surface area contributed by atoms with Crippen LogP contribution >= 0.6 is 0 Å². The lowest BCUT2D eigenvalue weighted by atomic mass is 10.1. The van der Waals surface area contributed by atoms with Gasteiger partial charge in [0.05, 0.1) is 11.4 Å². The van der Waals surface area contributed by atoms with Crippen molar-refractivity contribution in [3.05, 3.63) is 47.9 Å². The normalized spacial score (nSPS) is 15.5. The van der Waals surface area contributed by atoms with E-state index in [0.717, 1.165) is 24.6 Å². The van der Waals surface area contributed by atoms with E-state index in [-0.39, 0.29) is 11.4 Å². The number of nitrogens with one attached hydrogen (secondary N) is 1. The van der Waals surface area contributed by atoms with Crippen LogP contribution in [0, 0.1) is 6.92 Å². The van der Waals surface area contributed by atoms with Crippen molar-refractivity contribution in [2.24, 2.45) is 0 Å². The highest BCUT2D eigenvalue weighted by atomic mass is 32.2. The zero-order chi connectivity index (χ0) is 17.0. The summed E-state index contributed by atoms with van der Waals surface area (Å²) in [6.07, 6.45) is 3.59. The van der Waals surface area contributed by atoms with Gasteiger partial charge in [0, 0.05) is 24.8 Å². The molecule has 1 saturated heterocycles. The average Bonchev–Trinajstić information content (AvgIpc) is 2.61. The summed E-state index contributed by atoms with van der Waals surface area (Å²) in [5.74, 6) is 1.38. The third kappa shape index (κ3) is 4.10. The van der Waals surface area contributed by atoms with Crippen molar-refractivity contribution in [1.29, 1.82) is 0 Å². The van der Waals surface area contributed by atoms with Crippen molar-refractivity contribution < 1.29 is 8.42 Å². The molecule has 1 aromatic heterocycles. The van der Waals surface area contributed by atoms with E-state index in [1.165, 1.54) is 19.3 Å². The van der Waals surface area contributed by atoms with Crippen LogP contribution in [0.1, 0.15) is 30.8 Å². The largest absolute Gasteiger partial charge is 0.357 e. The molecule has 0 saturated carbocycles. The topological polar surface area (TPSA) is 75.2 Å². The van der Waals surface area contributed by atoms with E-state index in [1.807, 2.05) is 13.0 Å². The molecule has 3 rings (SSSR count). The molecule has 128 valence electrons. The van der Waals surface area contributed by atoms with Crippen LogP contribution in [0.5, 0.6) is 0 Å². The molecule has 2 heterocycles. The molecule has 24 heavy (non-hydrogen) atoms. The minimum Gasteiger partial charge on any atom is -0.357 e. The lowest BCUT2D eigenvalue weighted by Gasteiger charge is -2.28. The molecule has 0 bridgehead atoms. The minimum absolute atomic E-state index is 0.0831. The molecule has 7 heteroatoms. The number of benzene rings is 1. The first-order valence-electron chi connectivity index (χ1n) is 8.19. The first-order valence-corrected chi connectivity index (χ1v) is 9.67. The maximum atomic E-state index is 12.3. The van der Waals surface area contributed by atoms with E-state index in [2.05, 4.69) is 19.6 Å². The van der Waals surface area contributed by atoms with Crippen molar-refractivity contribution >= 4 is 15.8 Å². The monoisotopic (exact) mass is 346 g/mol. The van der Waals surface area contributed by atoms with E-state index in [9.17, 15) is 8.42 Å². The van der Waals surface area contributed by atoms with Gasteiger partial charge in [-0.15, -0.1) is 0 Å². The zero-order valence-electron chi connectivity index (χ0n) is 13.8. The molecular formula is C17H22N4O2S. The summed E-state index contributed by atoms with van der Waals surface area (Å²) >= 11 is 0. The quantitative estimate of drug-likeness (QED) is 0.899. The second kappa shape index (κ2) is 7.27. The van der Waals surface area contributed by atoms with Gasteiger partial charge in [-0.1, -0.05) is 18.2 Å². The number of hydrogen-bond donors (Lipinski definition) is 1. The lowest BCUT2D eigenvalue weighted by Crippen LogP contribution is -2.31. The molecule has 0 amide bonds. The van der Waals surface area contributed by atoms with Crippen LogP contribution in [0.25, 0.3) is 0 Å². The summed E-state index contributed by atoms with van der Waals surface area (Å²) in [6, 6.07) is 10.3. The first-order chi connectivity index (χ1) is 11.5. The average molecular weight is 346 g/mol. The van der Waals surface area contributed by atoms with Crippen molar-refractivity contribution in [1.82, 2.24) is 14.7 Å². The predicted octanol–water partition coefficient (Wildman–Crippen LogP) is 2.25. The number of piperidine rings is 1. The highest BCUT2D eigenvalue weighted by molar-refractivity contribution is 7.89. The van der Waals surface area contributed by atoms with Gasteiger partial charge in [0.2, 0.25) is 10.0 Å². The third-order valence-corrected chi connectivity index (χ3v) is 5.46. The SMILES string of the molecule is Cc1cc(N2CCCCC2)nc(CNS(=O)(=O)c2ccccc2)n1. The number of aryl methyl sites for hydroxylation is 1. The van der Waals surface area contributed by atoms with E-state index < -0.39 is 10.0 Å². The molecule has 1 aliphatic rings. The molecular weight excluding hydrogens is 324 g/mol. The van der Waals surface area contributed by atoms with Gasteiger partial charge in [0.25, 0.3) is 0 Å². The van der Waals surface area contributed by atoms with Crippen molar-refractivity contribution in [2.75, 3.05) is 18.0 Å². The van der Waals surface area contributed by atoms with E-state index >= 15 is 0 Å². The number of sulfonamides is 1. The summed E-state index contributed by atoms with van der Waals surface area (Å²) in [6.45, 7) is 3.97. The molecule has 0 unspecified atom stereocenters. The highest BCUT2D eigenvalue weighted by Gasteiger charge is 2.16. The van der Waals surface area contributed by atoms with Crippen LogP contribution in [-0.2, 0) is 16.6 Å². The minimum atomic E-state index is -3.55. The number of nitrogens with zero attached hydrogens (tertiary/aromatic N) is 3. The Kier molecular flexibility index (Phi) is 5.11. The predicted molar refractivity (Wildman–Crippen MR) is 93.3 cm³/mol. The smallest absolute Gasteiger partial charge is 0.240 e. The zero-order valence-corrected chi connectivity index (χ0v) is 14.6. The van der Waals surface area contributed by atoms with Gasteiger partial charge >= 0.3 is 0 Å². The molecule has 0 aliphatic carbocycles. The molecule has 1 N–H and O–H groups in total. The van der Waals surface area contributed by atoms with Crippen LogP contribution in [0.2, 0.25) is 0 Å². The lowest BCUT2D eigenvalue weighted by molar-refractivity contribution is 0.569. The molecule has 1 aliphatic heterocycles. The van der Waals surface area contributed by atoms with Crippen LogP contribution in [0.4, 0.5) is 5.82 Å². The van der Waals surface area contributed by atoms with Gasteiger partial charge in [-0.25, -0.2) is 23.1 Å². The number of rotatable bonds is 5. The van der Waals surface area contributed by atoms with Gasteiger partial charge in [0.1, 0.15) is 11.6 Å². The van der Waals surface area contributed by atoms with Crippen LogP contribution in [0.3, 0.4) is 0 Å². The second-order valence-electron chi connectivity index (χ2n) is 5.97. The summed E-state index contributed by atoms with van der Waals surface area (Å²) in [5, 5.41) is 0. The van der Waals surface area contributed by atoms with Gasteiger partial charge in [-0.3, -0.25) is 0 Å². The Morgan fingerprint density at radius 3 is 2.50 bits per heavy atom. The van der Waals surface area contributed by atoms with Crippen molar-refractivity contribution in [3.8, 4) is 0 Å². The van der Waals surface area contributed by atoms with E-state index in [1.54, 1.807) is 30.3 Å². The van der Waals surface area contributed by atoms with Crippen LogP contribution < -0.4 is 9.62 Å².